The Morgan fingerprint density at radius 2 is 1.71 bits per heavy atom. The standard InChI is InChI=1S/C19H15N3O6/c1-27-13-6-7-15-14(9-13)16(23)22-19(26)20(18(25)21(15)22)10-11-4-3-5-12(8-11)17(24)28-2/h3-9H,10H2,1-2H3. The number of hydrogen-bond acceptors (Lipinski definition) is 6. The summed E-state index contributed by atoms with van der Waals surface area (Å²) in [5.74, 6) is -0.0748. The third-order valence-electron chi connectivity index (χ3n) is 4.57. The normalized spacial score (nSPS) is 11.2. The smallest absolute Gasteiger partial charge is 0.355 e. The molecule has 142 valence electrons. The molecule has 4 rings (SSSR count). The number of esters is 1. The zero-order valence-corrected chi connectivity index (χ0v) is 15.0. The van der Waals surface area contributed by atoms with Crippen LogP contribution in [0.5, 0.6) is 5.75 Å². The van der Waals surface area contributed by atoms with Gasteiger partial charge in [0.1, 0.15) is 5.75 Å². The number of aromatic nitrogens is 3. The van der Waals surface area contributed by atoms with Crippen molar-refractivity contribution in [3.05, 3.63) is 84.9 Å². The first-order valence-corrected chi connectivity index (χ1v) is 8.31. The molecule has 4 aromatic rings. The van der Waals surface area contributed by atoms with Crippen molar-refractivity contribution in [2.75, 3.05) is 14.2 Å². The molecule has 2 heterocycles. The Hall–Kier alpha value is -3.88. The van der Waals surface area contributed by atoms with Gasteiger partial charge >= 0.3 is 17.3 Å². The Morgan fingerprint density at radius 1 is 0.964 bits per heavy atom. The van der Waals surface area contributed by atoms with Crippen LogP contribution in [0.2, 0.25) is 0 Å². The van der Waals surface area contributed by atoms with Crippen molar-refractivity contribution in [3.8, 4) is 5.75 Å². The van der Waals surface area contributed by atoms with Gasteiger partial charge in [-0.1, -0.05) is 12.1 Å². The number of nitrogens with zero attached hydrogens (tertiary/aromatic N) is 3. The first kappa shape index (κ1) is 17.5. The summed E-state index contributed by atoms with van der Waals surface area (Å²) < 4.78 is 12.6. The minimum Gasteiger partial charge on any atom is -0.497 e. The monoisotopic (exact) mass is 381 g/mol. The number of carbonyl (C=O) groups excluding carboxylic acids is 1. The van der Waals surface area contributed by atoms with E-state index in [9.17, 15) is 19.2 Å². The van der Waals surface area contributed by atoms with Crippen LogP contribution in [-0.2, 0) is 11.3 Å². The van der Waals surface area contributed by atoms with Crippen molar-refractivity contribution in [2.45, 2.75) is 6.54 Å². The van der Waals surface area contributed by atoms with E-state index in [1.165, 1.54) is 26.4 Å². The van der Waals surface area contributed by atoms with E-state index in [1.54, 1.807) is 30.3 Å². The summed E-state index contributed by atoms with van der Waals surface area (Å²) in [7, 11) is 2.73. The molecule has 0 atom stereocenters. The summed E-state index contributed by atoms with van der Waals surface area (Å²) in [4.78, 5) is 49.9. The maximum atomic E-state index is 12.9. The molecule has 0 unspecified atom stereocenters. The lowest BCUT2D eigenvalue weighted by Crippen LogP contribution is -2.31. The molecule has 28 heavy (non-hydrogen) atoms. The van der Waals surface area contributed by atoms with Crippen molar-refractivity contribution in [1.82, 2.24) is 13.6 Å². The predicted octanol–water partition coefficient (Wildman–Crippen LogP) is 0.355. The second-order valence-electron chi connectivity index (χ2n) is 6.16. The van der Waals surface area contributed by atoms with Gasteiger partial charge in [-0.2, -0.15) is 9.03 Å². The van der Waals surface area contributed by atoms with Crippen molar-refractivity contribution >= 4 is 16.9 Å². The molecule has 2 aromatic heterocycles. The van der Waals surface area contributed by atoms with Crippen LogP contribution in [0.25, 0.3) is 10.9 Å². The fraction of sp³-hybridized carbons (Fsp3) is 0.158. The molecule has 0 radical (unpaired) electrons. The number of methoxy groups -OCH3 is 2. The maximum absolute atomic E-state index is 12.9. The van der Waals surface area contributed by atoms with E-state index in [4.69, 9.17) is 4.74 Å². The van der Waals surface area contributed by atoms with E-state index in [1.807, 2.05) is 0 Å². The molecule has 0 aliphatic heterocycles. The van der Waals surface area contributed by atoms with Gasteiger partial charge in [0.2, 0.25) is 0 Å². The Balaban J connectivity index is 1.89. The molecule has 0 aliphatic carbocycles. The molecule has 2 aromatic carbocycles. The third kappa shape index (κ3) is 2.48. The maximum Gasteiger partial charge on any atom is 0.355 e. The van der Waals surface area contributed by atoms with Gasteiger partial charge in [-0.15, -0.1) is 0 Å². The lowest BCUT2D eigenvalue weighted by Gasteiger charge is -2.03. The minimum absolute atomic E-state index is 0.0890. The summed E-state index contributed by atoms with van der Waals surface area (Å²) in [6, 6.07) is 11.0. The number of hydrogen-bond donors (Lipinski definition) is 0. The molecule has 0 amide bonds. The number of benzene rings is 2. The molecule has 0 N–H and O–H groups in total. The predicted molar refractivity (Wildman–Crippen MR) is 99.8 cm³/mol. The molecule has 0 spiro atoms. The fourth-order valence-electron chi connectivity index (χ4n) is 3.21. The topological polar surface area (TPSA) is 100 Å². The van der Waals surface area contributed by atoms with Crippen LogP contribution in [0.4, 0.5) is 0 Å². The van der Waals surface area contributed by atoms with Gasteiger partial charge in [0.05, 0.1) is 37.2 Å². The zero-order valence-electron chi connectivity index (χ0n) is 15.0. The summed E-state index contributed by atoms with van der Waals surface area (Å²) in [5.41, 5.74) is -0.838. The highest BCUT2D eigenvalue weighted by Gasteiger charge is 2.20. The number of carbonyl (C=O) groups is 1. The Labute approximate surface area is 156 Å². The van der Waals surface area contributed by atoms with Crippen LogP contribution in [0.3, 0.4) is 0 Å². The van der Waals surface area contributed by atoms with Gasteiger partial charge in [-0.05, 0) is 35.9 Å². The number of fused-ring (bicyclic) bond motifs is 3. The van der Waals surface area contributed by atoms with Gasteiger partial charge in [-0.25, -0.2) is 19.0 Å². The van der Waals surface area contributed by atoms with Crippen molar-refractivity contribution in [2.24, 2.45) is 0 Å². The summed E-state index contributed by atoms with van der Waals surface area (Å²) in [6.07, 6.45) is 0. The second kappa shape index (κ2) is 6.38. The van der Waals surface area contributed by atoms with E-state index < -0.39 is 22.9 Å². The Kier molecular flexibility index (Phi) is 3.99. The van der Waals surface area contributed by atoms with E-state index in [2.05, 4.69) is 4.74 Å². The molecular formula is C19H15N3O6. The average Bonchev–Trinajstić information content (AvgIpc) is 3.15. The SMILES string of the molecule is COC(=O)c1cccc(Cn2c(=O)n3c(=O)c4cc(OC)ccc4n3c2=O)c1. The van der Waals surface area contributed by atoms with Crippen LogP contribution in [0, 0.1) is 0 Å². The van der Waals surface area contributed by atoms with E-state index in [-0.39, 0.29) is 11.9 Å². The Bertz CT molecular complexity index is 1400. The first-order valence-electron chi connectivity index (χ1n) is 8.31. The Morgan fingerprint density at radius 3 is 2.43 bits per heavy atom. The number of ether oxygens (including phenoxy) is 2. The molecule has 9 nitrogen and oxygen atoms in total. The molecule has 0 aliphatic rings. The van der Waals surface area contributed by atoms with Gasteiger partial charge in [-0.3, -0.25) is 4.79 Å². The van der Waals surface area contributed by atoms with Crippen LogP contribution in [-0.4, -0.2) is 33.8 Å². The van der Waals surface area contributed by atoms with Crippen molar-refractivity contribution in [3.63, 3.8) is 0 Å². The largest absolute Gasteiger partial charge is 0.497 e. The molecule has 0 saturated carbocycles. The highest BCUT2D eigenvalue weighted by atomic mass is 16.5. The van der Waals surface area contributed by atoms with Crippen LogP contribution in [0.15, 0.2) is 56.8 Å². The van der Waals surface area contributed by atoms with Crippen LogP contribution in [0.1, 0.15) is 15.9 Å². The quantitative estimate of drug-likeness (QED) is 0.473. The van der Waals surface area contributed by atoms with E-state index in [0.717, 1.165) is 13.6 Å². The van der Waals surface area contributed by atoms with Gasteiger partial charge in [0, 0.05) is 0 Å². The van der Waals surface area contributed by atoms with Gasteiger partial charge in [0.25, 0.3) is 5.56 Å². The third-order valence-corrected chi connectivity index (χ3v) is 4.57. The van der Waals surface area contributed by atoms with Crippen LogP contribution >= 0.6 is 0 Å². The fourth-order valence-corrected chi connectivity index (χ4v) is 3.21. The minimum atomic E-state index is -0.756. The van der Waals surface area contributed by atoms with E-state index in [0.29, 0.717) is 22.4 Å². The highest BCUT2D eigenvalue weighted by Crippen LogP contribution is 2.17. The van der Waals surface area contributed by atoms with E-state index >= 15 is 0 Å². The van der Waals surface area contributed by atoms with Crippen molar-refractivity contribution < 1.29 is 14.3 Å². The molecule has 0 saturated heterocycles. The molecule has 0 fully saturated rings. The van der Waals surface area contributed by atoms with Crippen molar-refractivity contribution in [1.29, 1.82) is 0 Å². The molecule has 0 bridgehead atoms. The number of rotatable bonds is 4. The lowest BCUT2D eigenvalue weighted by atomic mass is 10.1. The highest BCUT2D eigenvalue weighted by molar-refractivity contribution is 5.89. The lowest BCUT2D eigenvalue weighted by molar-refractivity contribution is 0.0600. The average molecular weight is 381 g/mol. The zero-order chi connectivity index (χ0) is 20.0. The second-order valence-corrected chi connectivity index (χ2v) is 6.16. The first-order chi connectivity index (χ1) is 13.5. The summed E-state index contributed by atoms with van der Waals surface area (Å²) >= 11 is 0. The van der Waals surface area contributed by atoms with Crippen LogP contribution < -0.4 is 21.7 Å². The molecule has 9 heteroatoms. The van der Waals surface area contributed by atoms with Gasteiger partial charge < -0.3 is 9.47 Å². The summed E-state index contributed by atoms with van der Waals surface area (Å²) in [5, 5.41) is 0.216. The summed E-state index contributed by atoms with van der Waals surface area (Å²) in [6.45, 7) is -0.0890. The van der Waals surface area contributed by atoms with Gasteiger partial charge in [0.15, 0.2) is 0 Å². The molecular weight excluding hydrogens is 366 g/mol.